The van der Waals surface area contributed by atoms with Gasteiger partial charge in [-0.3, -0.25) is 10.1 Å². The number of hydrogen-bond donors (Lipinski definition) is 2. The Kier molecular flexibility index (Phi) is 7.77. The number of hydrogen-bond acceptors (Lipinski definition) is 4. The quantitative estimate of drug-likeness (QED) is 0.620. The molecule has 0 aliphatic rings. The molecule has 1 amide bonds. The number of anilines is 1. The van der Waals surface area contributed by atoms with Crippen LogP contribution in [0.3, 0.4) is 0 Å². The Labute approximate surface area is 172 Å². The second-order valence-electron chi connectivity index (χ2n) is 6.27. The van der Waals surface area contributed by atoms with Crippen LogP contribution in [0.4, 0.5) is 5.69 Å². The third-order valence-electron chi connectivity index (χ3n) is 3.62. The summed E-state index contributed by atoms with van der Waals surface area (Å²) in [6, 6.07) is 14.2. The van der Waals surface area contributed by atoms with Crippen molar-refractivity contribution in [2.24, 2.45) is 5.92 Å². The van der Waals surface area contributed by atoms with Crippen molar-refractivity contribution >= 4 is 44.9 Å². The molecule has 0 radical (unpaired) electrons. The largest absolute Gasteiger partial charge is 0.493 e. The van der Waals surface area contributed by atoms with Gasteiger partial charge < -0.3 is 10.1 Å². The van der Waals surface area contributed by atoms with Gasteiger partial charge in [-0.05, 0) is 61.0 Å². The Morgan fingerprint density at radius 2 is 2.07 bits per heavy atom. The maximum absolute atomic E-state index is 12.6. The fourth-order valence-electron chi connectivity index (χ4n) is 2.21. The molecule has 0 aromatic heterocycles. The normalized spacial score (nSPS) is 10.2. The smallest absolute Gasteiger partial charge is 0.261 e. The molecule has 27 heavy (non-hydrogen) atoms. The summed E-state index contributed by atoms with van der Waals surface area (Å²) in [5, 5.41) is 14.6. The lowest BCUT2D eigenvalue weighted by Gasteiger charge is -2.14. The molecule has 0 fully saturated rings. The second kappa shape index (κ2) is 10.0. The molecule has 2 N–H and O–H groups in total. The van der Waals surface area contributed by atoms with E-state index in [-0.39, 0.29) is 11.0 Å². The maximum Gasteiger partial charge on any atom is 0.261 e. The Morgan fingerprint density at radius 3 is 2.78 bits per heavy atom. The van der Waals surface area contributed by atoms with E-state index in [1.54, 1.807) is 36.4 Å². The molecule has 0 atom stereocenters. The summed E-state index contributed by atoms with van der Waals surface area (Å²) in [6.45, 7) is 4.76. The number of ether oxygens (including phenoxy) is 1. The summed E-state index contributed by atoms with van der Waals surface area (Å²) in [6.07, 6.45) is 0.895. The van der Waals surface area contributed by atoms with Gasteiger partial charge >= 0.3 is 0 Å². The molecule has 2 rings (SSSR count). The van der Waals surface area contributed by atoms with Gasteiger partial charge in [-0.15, -0.1) is 0 Å². The lowest BCUT2D eigenvalue weighted by Crippen LogP contribution is -2.34. The summed E-state index contributed by atoms with van der Waals surface area (Å²) in [4.78, 5) is 12.6. The average molecular weight is 446 g/mol. The number of halogens is 1. The van der Waals surface area contributed by atoms with Gasteiger partial charge in [0.05, 0.1) is 23.8 Å². The fourth-order valence-corrected chi connectivity index (χ4v) is 2.78. The van der Waals surface area contributed by atoms with Crippen LogP contribution in [0.5, 0.6) is 5.75 Å². The first kappa shape index (κ1) is 20.9. The molecular formula is C20H20BrN3O2S. The Balaban J connectivity index is 2.06. The minimum absolute atomic E-state index is 0.142. The molecule has 0 saturated carbocycles. The van der Waals surface area contributed by atoms with Crippen molar-refractivity contribution in [1.82, 2.24) is 5.32 Å². The van der Waals surface area contributed by atoms with Crippen LogP contribution in [0.15, 0.2) is 46.9 Å². The van der Waals surface area contributed by atoms with E-state index in [1.807, 2.05) is 6.07 Å². The molecule has 5 nitrogen and oxygen atoms in total. The molecule has 0 spiro atoms. The summed E-state index contributed by atoms with van der Waals surface area (Å²) in [7, 11) is 0. The molecule has 0 aliphatic carbocycles. The maximum atomic E-state index is 12.6. The van der Waals surface area contributed by atoms with Crippen LogP contribution in [0, 0.1) is 17.2 Å². The molecule has 0 bridgehead atoms. The first-order valence-corrected chi connectivity index (χ1v) is 9.64. The molecule has 0 heterocycles. The number of nitriles is 1. The lowest BCUT2D eigenvalue weighted by molar-refractivity contribution is 0.0973. The number of benzene rings is 2. The van der Waals surface area contributed by atoms with Crippen molar-refractivity contribution < 1.29 is 9.53 Å². The van der Waals surface area contributed by atoms with Crippen molar-refractivity contribution in [2.45, 2.75) is 20.3 Å². The first-order valence-electron chi connectivity index (χ1n) is 8.44. The minimum Gasteiger partial charge on any atom is -0.493 e. The molecule has 2 aromatic rings. The highest BCUT2D eigenvalue weighted by atomic mass is 79.9. The van der Waals surface area contributed by atoms with E-state index in [1.165, 1.54) is 0 Å². The monoisotopic (exact) mass is 445 g/mol. The fraction of sp³-hybridized carbons (Fsp3) is 0.250. The molecular weight excluding hydrogens is 426 g/mol. The summed E-state index contributed by atoms with van der Waals surface area (Å²) in [5.74, 6) is 0.647. The summed E-state index contributed by atoms with van der Waals surface area (Å²) in [5.41, 5.74) is 1.52. The lowest BCUT2D eigenvalue weighted by atomic mass is 10.1. The van der Waals surface area contributed by atoms with Crippen molar-refractivity contribution in [3.63, 3.8) is 0 Å². The zero-order chi connectivity index (χ0) is 19.8. The van der Waals surface area contributed by atoms with Gasteiger partial charge in [-0.1, -0.05) is 35.8 Å². The van der Waals surface area contributed by atoms with Crippen LogP contribution in [0.1, 0.15) is 36.2 Å². The topological polar surface area (TPSA) is 74.2 Å². The predicted octanol–water partition coefficient (Wildman–Crippen LogP) is 4.87. The van der Waals surface area contributed by atoms with Crippen molar-refractivity contribution in [3.8, 4) is 11.8 Å². The van der Waals surface area contributed by atoms with Crippen LogP contribution in [-0.2, 0) is 0 Å². The number of carbonyl (C=O) groups is 1. The van der Waals surface area contributed by atoms with Crippen molar-refractivity contribution in [2.75, 3.05) is 11.9 Å². The van der Waals surface area contributed by atoms with Gasteiger partial charge in [0.1, 0.15) is 5.75 Å². The second-order valence-corrected chi connectivity index (χ2v) is 7.60. The number of nitrogens with zero attached hydrogens (tertiary/aromatic N) is 1. The highest BCUT2D eigenvalue weighted by molar-refractivity contribution is 9.10. The summed E-state index contributed by atoms with van der Waals surface area (Å²) < 4.78 is 6.54. The highest BCUT2D eigenvalue weighted by Crippen LogP contribution is 2.24. The van der Waals surface area contributed by atoms with Crippen LogP contribution in [0.25, 0.3) is 0 Å². The number of thiocarbonyl (C=S) groups is 1. The highest BCUT2D eigenvalue weighted by Gasteiger charge is 2.15. The number of carbonyl (C=O) groups excluding carboxylic acids is 1. The minimum atomic E-state index is -0.371. The number of amides is 1. The van der Waals surface area contributed by atoms with E-state index in [9.17, 15) is 4.79 Å². The molecule has 140 valence electrons. The Morgan fingerprint density at radius 1 is 1.30 bits per heavy atom. The zero-order valence-electron chi connectivity index (χ0n) is 15.1. The van der Waals surface area contributed by atoms with Crippen LogP contribution >= 0.6 is 28.1 Å². The molecule has 0 aliphatic heterocycles. The van der Waals surface area contributed by atoms with E-state index in [0.717, 1.165) is 10.9 Å². The van der Waals surface area contributed by atoms with Gasteiger partial charge in [-0.25, -0.2) is 0 Å². The third-order valence-corrected chi connectivity index (χ3v) is 4.31. The zero-order valence-corrected chi connectivity index (χ0v) is 17.5. The van der Waals surface area contributed by atoms with Crippen molar-refractivity contribution in [3.05, 3.63) is 58.1 Å². The average Bonchev–Trinajstić information content (AvgIpc) is 2.62. The first-order chi connectivity index (χ1) is 12.9. The molecule has 2 aromatic carbocycles. The van der Waals surface area contributed by atoms with Gasteiger partial charge in [0, 0.05) is 10.2 Å². The van der Waals surface area contributed by atoms with Gasteiger partial charge in [-0.2, -0.15) is 5.26 Å². The van der Waals surface area contributed by atoms with E-state index in [2.05, 4.69) is 46.5 Å². The number of rotatable bonds is 6. The summed E-state index contributed by atoms with van der Waals surface area (Å²) >= 11 is 8.59. The van der Waals surface area contributed by atoms with Crippen LogP contribution in [0.2, 0.25) is 0 Å². The van der Waals surface area contributed by atoms with Gasteiger partial charge in [0.2, 0.25) is 0 Å². The Bertz CT molecular complexity index is 878. The van der Waals surface area contributed by atoms with E-state index >= 15 is 0 Å². The van der Waals surface area contributed by atoms with Gasteiger partial charge in [0.25, 0.3) is 5.91 Å². The standard InChI is InChI=1S/C20H20BrN3O2S/c1-13(2)8-9-26-18-7-6-15(21)11-17(18)19(25)24-20(27)23-16-5-3-4-14(10-16)12-22/h3-7,10-11,13H,8-9H2,1-2H3,(H2,23,24,25,27). The predicted molar refractivity (Wildman–Crippen MR) is 114 cm³/mol. The molecule has 7 heteroatoms. The third kappa shape index (κ3) is 6.66. The van der Waals surface area contributed by atoms with E-state index in [0.29, 0.717) is 35.1 Å². The van der Waals surface area contributed by atoms with E-state index in [4.69, 9.17) is 22.2 Å². The van der Waals surface area contributed by atoms with E-state index < -0.39 is 0 Å². The van der Waals surface area contributed by atoms with Crippen molar-refractivity contribution in [1.29, 1.82) is 5.26 Å². The van der Waals surface area contributed by atoms with Crippen LogP contribution < -0.4 is 15.4 Å². The molecule has 0 saturated heterocycles. The Hall–Kier alpha value is -2.43. The molecule has 0 unspecified atom stereocenters. The number of nitrogens with one attached hydrogen (secondary N) is 2. The SMILES string of the molecule is CC(C)CCOc1ccc(Br)cc1C(=O)NC(=S)Nc1cccc(C#N)c1. The van der Waals surface area contributed by atoms with Gasteiger partial charge in [0.15, 0.2) is 5.11 Å². The van der Waals surface area contributed by atoms with Crippen LogP contribution in [-0.4, -0.2) is 17.6 Å².